The monoisotopic (exact) mass is 372 g/mol. The smallest absolute Gasteiger partial charge is 0.240 e. The molecule has 1 aliphatic carbocycles. The summed E-state index contributed by atoms with van der Waals surface area (Å²) in [5.41, 5.74) is 2.35. The van der Waals surface area contributed by atoms with Gasteiger partial charge in [0.1, 0.15) is 0 Å². The topological polar surface area (TPSA) is 49.4 Å². The summed E-state index contributed by atoms with van der Waals surface area (Å²) in [6.45, 7) is 2.85. The predicted molar refractivity (Wildman–Crippen MR) is 105 cm³/mol. The van der Waals surface area contributed by atoms with Crippen molar-refractivity contribution < 1.29 is 8.42 Å². The highest BCUT2D eigenvalue weighted by Gasteiger charge is 2.28. The van der Waals surface area contributed by atoms with Crippen LogP contribution in [0.25, 0.3) is 0 Å². The van der Waals surface area contributed by atoms with Gasteiger partial charge in [0.25, 0.3) is 0 Å². The fourth-order valence-electron chi connectivity index (χ4n) is 3.68. The molecule has 0 spiro atoms. The van der Waals surface area contributed by atoms with E-state index in [2.05, 4.69) is 40.9 Å². The van der Waals surface area contributed by atoms with Crippen molar-refractivity contribution in [1.29, 1.82) is 0 Å². The molecule has 26 heavy (non-hydrogen) atoms. The molecule has 0 aromatic heterocycles. The molecule has 0 saturated heterocycles. The van der Waals surface area contributed by atoms with Crippen LogP contribution < -0.4 is 4.72 Å². The molecule has 0 radical (unpaired) electrons. The van der Waals surface area contributed by atoms with Crippen LogP contribution in [0.3, 0.4) is 0 Å². The Kier molecular flexibility index (Phi) is 6.12. The highest BCUT2D eigenvalue weighted by molar-refractivity contribution is 7.89. The lowest BCUT2D eigenvalue weighted by Gasteiger charge is -2.35. The molecule has 1 aliphatic rings. The Balaban J connectivity index is 1.62. The van der Waals surface area contributed by atoms with Crippen LogP contribution in [0.15, 0.2) is 59.5 Å². The summed E-state index contributed by atoms with van der Waals surface area (Å²) in [5.74, 6) is 0. The molecule has 1 saturated carbocycles. The van der Waals surface area contributed by atoms with Gasteiger partial charge in [0.15, 0.2) is 0 Å². The molecule has 0 aliphatic heterocycles. The highest BCUT2D eigenvalue weighted by Crippen LogP contribution is 2.25. The van der Waals surface area contributed by atoms with Gasteiger partial charge in [-0.25, -0.2) is 13.1 Å². The standard InChI is InChI=1S/C21H28N2O2S/c1-17-11-13-21(14-12-17)26(24,25)22-19-9-6-10-20(15-19)23(2)16-18-7-4-3-5-8-18/h3-5,7-8,11-14,19-20,22H,6,9-10,15-16H2,1-2H3. The largest absolute Gasteiger partial charge is 0.299 e. The van der Waals surface area contributed by atoms with Gasteiger partial charge in [-0.15, -0.1) is 0 Å². The second-order valence-corrected chi connectivity index (χ2v) is 9.07. The van der Waals surface area contributed by atoms with Gasteiger partial charge in [-0.05, 0) is 50.9 Å². The second kappa shape index (κ2) is 8.33. The third kappa shape index (κ3) is 4.93. The maximum atomic E-state index is 12.7. The summed E-state index contributed by atoms with van der Waals surface area (Å²) in [4.78, 5) is 2.70. The first-order chi connectivity index (χ1) is 12.4. The Bertz CT molecular complexity index is 804. The minimum Gasteiger partial charge on any atom is -0.299 e. The molecule has 0 heterocycles. The van der Waals surface area contributed by atoms with Crippen LogP contribution in [0.2, 0.25) is 0 Å². The van der Waals surface area contributed by atoms with Gasteiger partial charge in [-0.3, -0.25) is 4.90 Å². The molecule has 3 rings (SSSR count). The Morgan fingerprint density at radius 3 is 2.42 bits per heavy atom. The number of sulfonamides is 1. The fraction of sp³-hybridized carbons (Fsp3) is 0.429. The van der Waals surface area contributed by atoms with E-state index in [0.29, 0.717) is 10.9 Å². The number of benzene rings is 2. The zero-order valence-electron chi connectivity index (χ0n) is 15.6. The Morgan fingerprint density at radius 1 is 1.04 bits per heavy atom. The van der Waals surface area contributed by atoms with E-state index < -0.39 is 10.0 Å². The molecular formula is C21H28N2O2S. The van der Waals surface area contributed by atoms with E-state index in [1.807, 2.05) is 25.1 Å². The van der Waals surface area contributed by atoms with Crippen molar-refractivity contribution in [3.63, 3.8) is 0 Å². The van der Waals surface area contributed by atoms with Crippen LogP contribution >= 0.6 is 0 Å². The van der Waals surface area contributed by atoms with Gasteiger partial charge in [0.2, 0.25) is 10.0 Å². The number of nitrogens with zero attached hydrogens (tertiary/aromatic N) is 1. The van der Waals surface area contributed by atoms with Crippen molar-refractivity contribution in [1.82, 2.24) is 9.62 Å². The lowest BCUT2D eigenvalue weighted by atomic mass is 9.90. The average molecular weight is 373 g/mol. The van der Waals surface area contributed by atoms with Gasteiger partial charge in [0, 0.05) is 18.6 Å². The Morgan fingerprint density at radius 2 is 1.73 bits per heavy atom. The summed E-state index contributed by atoms with van der Waals surface area (Å²) in [6.07, 6.45) is 3.92. The van der Waals surface area contributed by atoms with Crippen molar-refractivity contribution in [2.24, 2.45) is 0 Å². The van der Waals surface area contributed by atoms with Gasteiger partial charge >= 0.3 is 0 Å². The molecule has 4 nitrogen and oxygen atoms in total. The number of aryl methyl sites for hydroxylation is 1. The summed E-state index contributed by atoms with van der Waals surface area (Å²) >= 11 is 0. The van der Waals surface area contributed by atoms with E-state index in [9.17, 15) is 8.42 Å². The van der Waals surface area contributed by atoms with Gasteiger partial charge in [-0.1, -0.05) is 54.4 Å². The number of rotatable bonds is 6. The molecule has 1 N–H and O–H groups in total. The molecule has 0 bridgehead atoms. The molecule has 5 heteroatoms. The molecule has 0 amide bonds. The summed E-state index contributed by atoms with van der Waals surface area (Å²) in [7, 11) is -1.32. The van der Waals surface area contributed by atoms with Crippen LogP contribution in [-0.4, -0.2) is 32.4 Å². The van der Waals surface area contributed by atoms with E-state index in [-0.39, 0.29) is 6.04 Å². The summed E-state index contributed by atoms with van der Waals surface area (Å²) < 4.78 is 28.2. The zero-order chi connectivity index (χ0) is 18.6. The van der Waals surface area contributed by atoms with Crippen LogP contribution in [0, 0.1) is 6.92 Å². The number of nitrogens with one attached hydrogen (secondary N) is 1. The average Bonchev–Trinajstić information content (AvgIpc) is 2.63. The number of hydrogen-bond acceptors (Lipinski definition) is 3. The molecule has 1 fully saturated rings. The quantitative estimate of drug-likeness (QED) is 0.841. The van der Waals surface area contributed by atoms with Crippen molar-refractivity contribution >= 4 is 10.0 Å². The first-order valence-corrected chi connectivity index (χ1v) is 10.8. The predicted octanol–water partition coefficient (Wildman–Crippen LogP) is 3.72. The SMILES string of the molecule is Cc1ccc(S(=O)(=O)NC2CCCC(N(C)Cc3ccccc3)C2)cc1. The van der Waals surface area contributed by atoms with Crippen LogP contribution in [0.1, 0.15) is 36.8 Å². The first kappa shape index (κ1) is 19.1. The van der Waals surface area contributed by atoms with Crippen LogP contribution in [0.5, 0.6) is 0 Å². The van der Waals surface area contributed by atoms with Crippen molar-refractivity contribution in [2.75, 3.05) is 7.05 Å². The van der Waals surface area contributed by atoms with E-state index in [1.54, 1.807) is 12.1 Å². The van der Waals surface area contributed by atoms with E-state index >= 15 is 0 Å². The van der Waals surface area contributed by atoms with Crippen LogP contribution in [-0.2, 0) is 16.6 Å². The van der Waals surface area contributed by atoms with E-state index in [1.165, 1.54) is 5.56 Å². The normalized spacial score (nSPS) is 21.0. The maximum absolute atomic E-state index is 12.7. The maximum Gasteiger partial charge on any atom is 0.240 e. The minimum absolute atomic E-state index is 0.00160. The third-order valence-corrected chi connectivity index (χ3v) is 6.73. The lowest BCUT2D eigenvalue weighted by Crippen LogP contribution is -2.44. The lowest BCUT2D eigenvalue weighted by molar-refractivity contribution is 0.169. The first-order valence-electron chi connectivity index (χ1n) is 9.27. The Labute approximate surface area is 157 Å². The third-order valence-electron chi connectivity index (χ3n) is 5.20. The second-order valence-electron chi connectivity index (χ2n) is 7.35. The van der Waals surface area contributed by atoms with Crippen molar-refractivity contribution in [3.8, 4) is 0 Å². The fourth-order valence-corrected chi connectivity index (χ4v) is 4.96. The van der Waals surface area contributed by atoms with Crippen molar-refractivity contribution in [3.05, 3.63) is 65.7 Å². The highest BCUT2D eigenvalue weighted by atomic mass is 32.2. The molecule has 2 aromatic rings. The van der Waals surface area contributed by atoms with Gasteiger partial charge in [0.05, 0.1) is 4.90 Å². The van der Waals surface area contributed by atoms with E-state index in [4.69, 9.17) is 0 Å². The molecule has 2 aromatic carbocycles. The molecule has 2 unspecified atom stereocenters. The van der Waals surface area contributed by atoms with Crippen molar-refractivity contribution in [2.45, 2.75) is 56.1 Å². The molecule has 2 atom stereocenters. The summed E-state index contributed by atoms with van der Waals surface area (Å²) in [6, 6.07) is 17.9. The molecule has 140 valence electrons. The van der Waals surface area contributed by atoms with Crippen LogP contribution in [0.4, 0.5) is 0 Å². The van der Waals surface area contributed by atoms with Gasteiger partial charge in [-0.2, -0.15) is 0 Å². The molecular weight excluding hydrogens is 344 g/mol. The zero-order valence-corrected chi connectivity index (χ0v) is 16.4. The minimum atomic E-state index is -3.45. The summed E-state index contributed by atoms with van der Waals surface area (Å²) in [5, 5.41) is 0. The Hall–Kier alpha value is -1.69. The van der Waals surface area contributed by atoms with E-state index in [0.717, 1.165) is 37.8 Å². The van der Waals surface area contributed by atoms with Gasteiger partial charge < -0.3 is 0 Å². The number of hydrogen-bond donors (Lipinski definition) is 1.